The average molecular weight is 438 g/mol. The predicted octanol–water partition coefficient (Wildman–Crippen LogP) is 5.45. The highest BCUT2D eigenvalue weighted by Crippen LogP contribution is 2.50. The lowest BCUT2D eigenvalue weighted by atomic mass is 9.91. The first kappa shape index (κ1) is 20.1. The number of aliphatic hydroxyl groups excluding tert-OH is 1. The molecule has 2 amide bonds. The number of benzene rings is 3. The maximum Gasteiger partial charge on any atom is 0.264 e. The lowest BCUT2D eigenvalue weighted by Gasteiger charge is -2.12. The molecular formula is C27H19NO3S. The molecule has 4 nitrogen and oxygen atoms in total. The molecule has 0 saturated carbocycles. The number of hydrogen-bond donors (Lipinski definition) is 1. The average Bonchev–Trinajstić information content (AvgIpc) is 3.37. The zero-order valence-corrected chi connectivity index (χ0v) is 17.9. The number of thiophene rings is 1. The molecule has 1 aliphatic heterocycles. The van der Waals surface area contributed by atoms with Crippen molar-refractivity contribution in [1.29, 1.82) is 0 Å². The zero-order valence-electron chi connectivity index (χ0n) is 17.1. The molecule has 0 atom stereocenters. The van der Waals surface area contributed by atoms with Crippen molar-refractivity contribution in [2.75, 3.05) is 6.73 Å². The van der Waals surface area contributed by atoms with Gasteiger partial charge in [-0.05, 0) is 16.7 Å². The standard InChI is InChI=1S/C27H19NO3S/c29-17-28-22(30)16-21(27(28)31)26-24(19-12-6-2-7-13-19)23(18-10-4-1-5-11-18)25(32-26)20-14-8-3-9-15-20/h1-16,29H,17H2. The van der Waals surface area contributed by atoms with Gasteiger partial charge in [-0.15, -0.1) is 11.3 Å². The summed E-state index contributed by atoms with van der Waals surface area (Å²) in [6, 6.07) is 30.0. The topological polar surface area (TPSA) is 57.6 Å². The van der Waals surface area contributed by atoms with Crippen LogP contribution in [0.3, 0.4) is 0 Å². The molecule has 5 rings (SSSR count). The number of carbonyl (C=O) groups is 2. The lowest BCUT2D eigenvalue weighted by Crippen LogP contribution is -2.31. The fourth-order valence-corrected chi connectivity index (χ4v) is 5.34. The van der Waals surface area contributed by atoms with Gasteiger partial charge in [0.1, 0.15) is 6.73 Å². The maximum atomic E-state index is 13.0. The molecule has 1 aromatic heterocycles. The molecular weight excluding hydrogens is 418 g/mol. The Labute approximate surface area is 189 Å². The SMILES string of the molecule is O=C1C=C(c2sc(-c3ccccc3)c(-c3ccccc3)c2-c2ccccc2)C(=O)N1CO. The Bertz CT molecular complexity index is 1330. The van der Waals surface area contributed by atoms with Crippen molar-refractivity contribution in [2.45, 2.75) is 0 Å². The van der Waals surface area contributed by atoms with E-state index in [1.165, 1.54) is 17.4 Å². The third-order valence-electron chi connectivity index (χ3n) is 5.46. The van der Waals surface area contributed by atoms with Crippen LogP contribution in [0.5, 0.6) is 0 Å². The van der Waals surface area contributed by atoms with Gasteiger partial charge < -0.3 is 5.11 Å². The van der Waals surface area contributed by atoms with Gasteiger partial charge in [0.25, 0.3) is 11.8 Å². The molecule has 5 heteroatoms. The van der Waals surface area contributed by atoms with Gasteiger partial charge in [0, 0.05) is 27.0 Å². The number of amides is 2. The number of carbonyl (C=O) groups excluding carboxylic acids is 2. The third-order valence-corrected chi connectivity index (χ3v) is 6.74. The van der Waals surface area contributed by atoms with Crippen LogP contribution in [0, 0.1) is 0 Å². The Kier molecular flexibility index (Phi) is 5.27. The van der Waals surface area contributed by atoms with Gasteiger partial charge in [0.2, 0.25) is 0 Å². The third kappa shape index (κ3) is 3.38. The summed E-state index contributed by atoms with van der Waals surface area (Å²) in [7, 11) is 0. The Hall–Kier alpha value is -3.80. The quantitative estimate of drug-likeness (QED) is 0.422. The van der Waals surface area contributed by atoms with Gasteiger partial charge in [-0.1, -0.05) is 91.0 Å². The van der Waals surface area contributed by atoms with E-state index in [-0.39, 0.29) is 0 Å². The van der Waals surface area contributed by atoms with Crippen LogP contribution >= 0.6 is 11.3 Å². The largest absolute Gasteiger partial charge is 0.376 e. The van der Waals surface area contributed by atoms with Gasteiger partial charge in [-0.3, -0.25) is 14.5 Å². The molecule has 32 heavy (non-hydrogen) atoms. The second-order valence-electron chi connectivity index (χ2n) is 7.38. The number of imide groups is 1. The fraction of sp³-hybridized carbons (Fsp3) is 0.0370. The summed E-state index contributed by atoms with van der Waals surface area (Å²) in [6.07, 6.45) is 1.33. The van der Waals surface area contributed by atoms with Crippen LogP contribution in [0.15, 0.2) is 97.1 Å². The van der Waals surface area contributed by atoms with Crippen molar-refractivity contribution in [3.05, 3.63) is 102 Å². The van der Waals surface area contributed by atoms with E-state index in [1.807, 2.05) is 78.9 Å². The maximum absolute atomic E-state index is 13.0. The van der Waals surface area contributed by atoms with Crippen LogP contribution in [0.1, 0.15) is 4.88 Å². The van der Waals surface area contributed by atoms with Gasteiger partial charge in [0.05, 0.1) is 5.57 Å². The fourth-order valence-electron chi connectivity index (χ4n) is 3.98. The summed E-state index contributed by atoms with van der Waals surface area (Å²) in [6.45, 7) is -0.638. The molecule has 0 bridgehead atoms. The van der Waals surface area contributed by atoms with Crippen molar-refractivity contribution in [3.8, 4) is 32.7 Å². The van der Waals surface area contributed by atoms with Crippen molar-refractivity contribution in [3.63, 3.8) is 0 Å². The van der Waals surface area contributed by atoms with Gasteiger partial charge in [-0.2, -0.15) is 0 Å². The normalized spacial score (nSPS) is 13.5. The minimum atomic E-state index is -0.638. The number of hydrogen-bond acceptors (Lipinski definition) is 4. The van der Waals surface area contributed by atoms with E-state index in [9.17, 15) is 14.7 Å². The molecule has 0 unspecified atom stereocenters. The molecule has 0 spiro atoms. The Morgan fingerprint density at radius 1 is 0.656 bits per heavy atom. The number of nitrogens with zero attached hydrogens (tertiary/aromatic N) is 1. The minimum absolute atomic E-state index is 0.312. The first-order chi connectivity index (χ1) is 15.7. The molecule has 3 aromatic carbocycles. The van der Waals surface area contributed by atoms with Crippen LogP contribution < -0.4 is 0 Å². The second kappa shape index (κ2) is 8.38. The van der Waals surface area contributed by atoms with Crippen molar-refractivity contribution >= 4 is 28.7 Å². The minimum Gasteiger partial charge on any atom is -0.376 e. The van der Waals surface area contributed by atoms with E-state index < -0.39 is 18.5 Å². The van der Waals surface area contributed by atoms with Crippen molar-refractivity contribution in [2.24, 2.45) is 0 Å². The molecule has 156 valence electrons. The van der Waals surface area contributed by atoms with Crippen molar-refractivity contribution < 1.29 is 14.7 Å². The van der Waals surface area contributed by atoms with Crippen LogP contribution in [0.4, 0.5) is 0 Å². The predicted molar refractivity (Wildman–Crippen MR) is 128 cm³/mol. The summed E-state index contributed by atoms with van der Waals surface area (Å²) >= 11 is 1.49. The van der Waals surface area contributed by atoms with Crippen LogP contribution in [-0.2, 0) is 9.59 Å². The van der Waals surface area contributed by atoms with Gasteiger partial charge in [-0.25, -0.2) is 0 Å². The smallest absolute Gasteiger partial charge is 0.264 e. The summed E-state index contributed by atoms with van der Waals surface area (Å²) in [5, 5.41) is 9.53. The van der Waals surface area contributed by atoms with E-state index in [1.54, 1.807) is 0 Å². The van der Waals surface area contributed by atoms with Crippen LogP contribution in [0.2, 0.25) is 0 Å². The van der Waals surface area contributed by atoms with Gasteiger partial charge in [0.15, 0.2) is 0 Å². The molecule has 2 heterocycles. The highest BCUT2D eigenvalue weighted by atomic mass is 32.1. The highest BCUT2D eigenvalue weighted by molar-refractivity contribution is 7.18. The molecule has 1 aliphatic rings. The Morgan fingerprint density at radius 2 is 1.12 bits per heavy atom. The number of rotatable bonds is 5. The summed E-state index contributed by atoms with van der Waals surface area (Å²) < 4.78 is 0. The summed E-state index contributed by atoms with van der Waals surface area (Å²) in [5.41, 5.74) is 5.27. The molecule has 1 N–H and O–H groups in total. The second-order valence-corrected chi connectivity index (χ2v) is 8.40. The van der Waals surface area contributed by atoms with E-state index in [0.29, 0.717) is 5.57 Å². The first-order valence-corrected chi connectivity index (χ1v) is 11.0. The summed E-state index contributed by atoms with van der Waals surface area (Å²) in [5.74, 6) is -0.974. The highest BCUT2D eigenvalue weighted by Gasteiger charge is 2.35. The number of aliphatic hydroxyl groups is 1. The molecule has 0 aliphatic carbocycles. The van der Waals surface area contributed by atoms with E-state index in [4.69, 9.17) is 0 Å². The Morgan fingerprint density at radius 3 is 1.59 bits per heavy atom. The van der Waals surface area contributed by atoms with E-state index in [2.05, 4.69) is 12.1 Å². The zero-order chi connectivity index (χ0) is 22.1. The van der Waals surface area contributed by atoms with E-state index in [0.717, 1.165) is 42.5 Å². The van der Waals surface area contributed by atoms with E-state index >= 15 is 0 Å². The first-order valence-electron chi connectivity index (χ1n) is 10.2. The monoisotopic (exact) mass is 437 g/mol. The summed E-state index contributed by atoms with van der Waals surface area (Å²) in [4.78, 5) is 28.0. The van der Waals surface area contributed by atoms with Gasteiger partial charge >= 0.3 is 0 Å². The lowest BCUT2D eigenvalue weighted by molar-refractivity contribution is -0.140. The van der Waals surface area contributed by atoms with Crippen LogP contribution in [-0.4, -0.2) is 28.6 Å². The molecule has 0 radical (unpaired) electrons. The Balaban J connectivity index is 1.86. The van der Waals surface area contributed by atoms with Crippen LogP contribution in [0.25, 0.3) is 38.3 Å². The molecule has 4 aromatic rings. The molecule has 0 fully saturated rings. The van der Waals surface area contributed by atoms with Crippen molar-refractivity contribution in [1.82, 2.24) is 4.90 Å². The molecule has 0 saturated heterocycles.